The molecule has 0 bridgehead atoms. The molecule has 3 aromatic carbocycles. The molecule has 0 saturated carbocycles. The van der Waals surface area contributed by atoms with Crippen LogP contribution in [-0.2, 0) is 6.54 Å². The van der Waals surface area contributed by atoms with E-state index in [1.807, 2.05) is 50.2 Å². The molecule has 192 valence electrons. The highest BCUT2D eigenvalue weighted by Gasteiger charge is 2.34. The summed E-state index contributed by atoms with van der Waals surface area (Å²) < 4.78 is 41.0. The molecule has 36 heavy (non-hydrogen) atoms. The molecular formula is C29H35F2N3O2. The quantitative estimate of drug-likeness (QED) is 0.324. The van der Waals surface area contributed by atoms with E-state index in [1.165, 1.54) is 12.1 Å². The van der Waals surface area contributed by atoms with Gasteiger partial charge in [-0.25, -0.2) is 8.78 Å². The standard InChI is InChI=1S/C29H35F2N3O2/c1-3-35-26-17-21(18-27(36-4-2)28(26)22-5-7-23(30)8-6-22)19-34-15-13-29(31,14-16-34)20-33-25-11-9-24(32)10-12-25/h5-12,17-18,33H,3-4,13-16,19-20,32H2,1-2H3. The number of hydrogen-bond donors (Lipinski definition) is 2. The minimum absolute atomic E-state index is 0.278. The number of alkyl halides is 1. The van der Waals surface area contributed by atoms with Crippen LogP contribution in [0.1, 0.15) is 32.3 Å². The zero-order chi connectivity index (χ0) is 25.5. The molecule has 1 aliphatic rings. The first-order valence-corrected chi connectivity index (χ1v) is 12.6. The molecule has 0 aromatic heterocycles. The van der Waals surface area contributed by atoms with Gasteiger partial charge in [0.05, 0.1) is 18.8 Å². The zero-order valence-corrected chi connectivity index (χ0v) is 21.0. The topological polar surface area (TPSA) is 59.8 Å². The van der Waals surface area contributed by atoms with Gasteiger partial charge >= 0.3 is 0 Å². The molecule has 1 heterocycles. The normalized spacial score (nSPS) is 15.4. The molecule has 3 aromatic rings. The van der Waals surface area contributed by atoms with Crippen molar-refractivity contribution in [3.8, 4) is 22.6 Å². The zero-order valence-electron chi connectivity index (χ0n) is 21.0. The molecule has 7 heteroatoms. The molecule has 0 unspecified atom stereocenters. The minimum Gasteiger partial charge on any atom is -0.493 e. The fourth-order valence-electron chi connectivity index (χ4n) is 4.58. The van der Waals surface area contributed by atoms with Crippen LogP contribution in [0, 0.1) is 5.82 Å². The molecule has 0 amide bonds. The molecule has 5 nitrogen and oxygen atoms in total. The number of nitrogens with zero attached hydrogens (tertiary/aromatic N) is 1. The molecule has 0 aliphatic carbocycles. The van der Waals surface area contributed by atoms with Crippen molar-refractivity contribution < 1.29 is 18.3 Å². The van der Waals surface area contributed by atoms with E-state index < -0.39 is 5.67 Å². The van der Waals surface area contributed by atoms with Gasteiger partial charge in [0.1, 0.15) is 23.0 Å². The smallest absolute Gasteiger partial charge is 0.131 e. The van der Waals surface area contributed by atoms with Crippen LogP contribution in [0.25, 0.3) is 11.1 Å². The van der Waals surface area contributed by atoms with Crippen LogP contribution in [0.2, 0.25) is 0 Å². The number of halogens is 2. The second kappa shape index (κ2) is 11.6. The number of benzene rings is 3. The SMILES string of the molecule is CCOc1cc(CN2CCC(F)(CNc3ccc(N)cc3)CC2)cc(OCC)c1-c1ccc(F)cc1. The molecule has 0 spiro atoms. The summed E-state index contributed by atoms with van der Waals surface area (Å²) in [6, 6.07) is 17.7. The minimum atomic E-state index is -1.25. The maximum absolute atomic E-state index is 15.5. The maximum Gasteiger partial charge on any atom is 0.131 e. The predicted octanol–water partition coefficient (Wildman–Crippen LogP) is 6.29. The van der Waals surface area contributed by atoms with Crippen LogP contribution in [0.3, 0.4) is 0 Å². The van der Waals surface area contributed by atoms with Gasteiger partial charge in [-0.3, -0.25) is 4.90 Å². The van der Waals surface area contributed by atoms with Gasteiger partial charge in [-0.15, -0.1) is 0 Å². The van der Waals surface area contributed by atoms with E-state index in [4.69, 9.17) is 15.2 Å². The Labute approximate surface area is 212 Å². The second-order valence-corrected chi connectivity index (χ2v) is 9.24. The molecule has 0 atom stereocenters. The summed E-state index contributed by atoms with van der Waals surface area (Å²) >= 11 is 0. The van der Waals surface area contributed by atoms with Crippen molar-refractivity contribution in [3.05, 3.63) is 72.0 Å². The Kier molecular flexibility index (Phi) is 8.31. The fraction of sp³-hybridized carbons (Fsp3) is 0.379. The van der Waals surface area contributed by atoms with Crippen LogP contribution in [0.4, 0.5) is 20.2 Å². The Balaban J connectivity index is 1.45. The van der Waals surface area contributed by atoms with Crippen molar-refractivity contribution >= 4 is 11.4 Å². The number of ether oxygens (including phenoxy) is 2. The van der Waals surface area contributed by atoms with Crippen molar-refractivity contribution in [1.29, 1.82) is 0 Å². The van der Waals surface area contributed by atoms with Crippen LogP contribution >= 0.6 is 0 Å². The third-order valence-electron chi connectivity index (χ3n) is 6.54. The van der Waals surface area contributed by atoms with E-state index in [1.54, 1.807) is 12.1 Å². The van der Waals surface area contributed by atoms with E-state index in [9.17, 15) is 4.39 Å². The van der Waals surface area contributed by atoms with Gasteiger partial charge in [0.25, 0.3) is 0 Å². The molecule has 3 N–H and O–H groups in total. The van der Waals surface area contributed by atoms with Gasteiger partial charge in [0.2, 0.25) is 0 Å². The van der Waals surface area contributed by atoms with E-state index in [0.29, 0.717) is 62.9 Å². The van der Waals surface area contributed by atoms with Crippen molar-refractivity contribution in [2.45, 2.75) is 38.9 Å². The van der Waals surface area contributed by atoms with Crippen molar-refractivity contribution in [1.82, 2.24) is 4.90 Å². The molecule has 4 rings (SSSR count). The van der Waals surface area contributed by atoms with Crippen molar-refractivity contribution in [3.63, 3.8) is 0 Å². The Morgan fingerprint density at radius 1 is 0.917 bits per heavy atom. The van der Waals surface area contributed by atoms with Gasteiger partial charge < -0.3 is 20.5 Å². The predicted molar refractivity (Wildman–Crippen MR) is 142 cm³/mol. The van der Waals surface area contributed by atoms with Crippen molar-refractivity contribution in [2.24, 2.45) is 0 Å². The summed E-state index contributed by atoms with van der Waals surface area (Å²) in [5.41, 5.74) is 8.73. The van der Waals surface area contributed by atoms with Gasteiger partial charge in [-0.05, 0) is 86.3 Å². The number of hydrogen-bond acceptors (Lipinski definition) is 5. The number of nitrogens with two attached hydrogens (primary N) is 1. The lowest BCUT2D eigenvalue weighted by atomic mass is 9.92. The van der Waals surface area contributed by atoms with Crippen molar-refractivity contribution in [2.75, 3.05) is 43.9 Å². The molecular weight excluding hydrogens is 460 g/mol. The number of nitrogen functional groups attached to an aromatic ring is 1. The molecule has 1 aliphatic heterocycles. The first kappa shape index (κ1) is 25.8. The summed E-state index contributed by atoms with van der Waals surface area (Å²) in [5.74, 6) is 1.12. The summed E-state index contributed by atoms with van der Waals surface area (Å²) in [6.45, 7) is 7.14. The molecule has 0 radical (unpaired) electrons. The van der Waals surface area contributed by atoms with E-state index >= 15 is 4.39 Å². The third-order valence-corrected chi connectivity index (χ3v) is 6.54. The number of piperidine rings is 1. The first-order valence-electron chi connectivity index (χ1n) is 12.6. The summed E-state index contributed by atoms with van der Waals surface area (Å²) in [7, 11) is 0. The average Bonchev–Trinajstić information content (AvgIpc) is 2.87. The van der Waals surface area contributed by atoms with Crippen LogP contribution in [0.5, 0.6) is 11.5 Å². The average molecular weight is 496 g/mol. The molecule has 1 fully saturated rings. The largest absolute Gasteiger partial charge is 0.493 e. The molecule has 1 saturated heterocycles. The van der Waals surface area contributed by atoms with Gasteiger partial charge in [-0.1, -0.05) is 12.1 Å². The lowest BCUT2D eigenvalue weighted by Crippen LogP contribution is -2.45. The lowest BCUT2D eigenvalue weighted by Gasteiger charge is -2.36. The van der Waals surface area contributed by atoms with Crippen LogP contribution < -0.4 is 20.5 Å². The number of likely N-dealkylation sites (tertiary alicyclic amines) is 1. The van der Waals surface area contributed by atoms with E-state index in [-0.39, 0.29) is 12.4 Å². The van der Waals surface area contributed by atoms with E-state index in [0.717, 1.165) is 22.4 Å². The Bertz CT molecular complexity index is 1100. The summed E-state index contributed by atoms with van der Waals surface area (Å²) in [5, 5.41) is 3.21. The Morgan fingerprint density at radius 3 is 2.06 bits per heavy atom. The lowest BCUT2D eigenvalue weighted by molar-refractivity contribution is 0.0654. The first-order chi connectivity index (χ1) is 17.4. The van der Waals surface area contributed by atoms with Crippen LogP contribution in [0.15, 0.2) is 60.7 Å². The Hall–Kier alpha value is -3.32. The van der Waals surface area contributed by atoms with Gasteiger partial charge in [0.15, 0.2) is 0 Å². The van der Waals surface area contributed by atoms with Gasteiger partial charge in [0, 0.05) is 37.6 Å². The number of rotatable bonds is 10. The van der Waals surface area contributed by atoms with Gasteiger partial charge in [-0.2, -0.15) is 0 Å². The second-order valence-electron chi connectivity index (χ2n) is 9.24. The Morgan fingerprint density at radius 2 is 1.50 bits per heavy atom. The monoisotopic (exact) mass is 495 g/mol. The third kappa shape index (κ3) is 6.46. The number of anilines is 2. The highest BCUT2D eigenvalue weighted by molar-refractivity contribution is 5.77. The highest BCUT2D eigenvalue weighted by Crippen LogP contribution is 2.40. The fourth-order valence-corrected chi connectivity index (χ4v) is 4.58. The summed E-state index contributed by atoms with van der Waals surface area (Å²) in [6.07, 6.45) is 0.915. The highest BCUT2D eigenvalue weighted by atomic mass is 19.1. The maximum atomic E-state index is 15.5. The van der Waals surface area contributed by atoms with E-state index in [2.05, 4.69) is 10.2 Å². The van der Waals surface area contributed by atoms with Crippen LogP contribution in [-0.4, -0.2) is 43.4 Å². The summed E-state index contributed by atoms with van der Waals surface area (Å²) in [4.78, 5) is 2.26. The number of nitrogens with one attached hydrogen (secondary N) is 1.